The number of hydrogen-bond donors (Lipinski definition) is 1. The average Bonchev–Trinajstić information content (AvgIpc) is 2.37. The highest BCUT2D eigenvalue weighted by atomic mass is 79.9. The Kier molecular flexibility index (Phi) is 4.55. The normalized spacial score (nSPS) is 12.5. The second kappa shape index (κ2) is 5.99. The number of hydrogen-bond acceptors (Lipinski definition) is 1. The van der Waals surface area contributed by atoms with Gasteiger partial charge in [0.1, 0.15) is 11.6 Å². The molecule has 1 atom stereocenters. The molecule has 19 heavy (non-hydrogen) atoms. The van der Waals surface area contributed by atoms with Crippen molar-refractivity contribution in [2.45, 2.75) is 12.5 Å². The maximum Gasteiger partial charge on any atom is 0.142 e. The summed E-state index contributed by atoms with van der Waals surface area (Å²) in [7, 11) is 0. The molecule has 1 unspecified atom stereocenters. The summed E-state index contributed by atoms with van der Waals surface area (Å²) in [5.41, 5.74) is 6.66. The van der Waals surface area contributed by atoms with Crippen molar-refractivity contribution in [2.75, 3.05) is 0 Å². The van der Waals surface area contributed by atoms with Crippen LogP contribution in [-0.4, -0.2) is 0 Å². The molecular weight excluding hydrogens is 336 g/mol. The van der Waals surface area contributed by atoms with E-state index in [1.165, 1.54) is 18.2 Å². The van der Waals surface area contributed by atoms with Gasteiger partial charge in [0.2, 0.25) is 0 Å². The van der Waals surface area contributed by atoms with Crippen LogP contribution in [0.4, 0.5) is 8.78 Å². The predicted molar refractivity (Wildman–Crippen MR) is 76.1 cm³/mol. The van der Waals surface area contributed by atoms with Gasteiger partial charge >= 0.3 is 0 Å². The maximum atomic E-state index is 13.9. The van der Waals surface area contributed by atoms with Crippen molar-refractivity contribution in [3.8, 4) is 0 Å². The van der Waals surface area contributed by atoms with Crippen molar-refractivity contribution < 1.29 is 8.78 Å². The summed E-state index contributed by atoms with van der Waals surface area (Å²) in [6.45, 7) is 0. The van der Waals surface area contributed by atoms with Gasteiger partial charge in [-0.25, -0.2) is 8.78 Å². The summed E-state index contributed by atoms with van der Waals surface area (Å²) < 4.78 is 27.8. The first-order chi connectivity index (χ1) is 8.99. The Morgan fingerprint density at radius 3 is 2.68 bits per heavy atom. The first-order valence-corrected chi connectivity index (χ1v) is 6.79. The van der Waals surface area contributed by atoms with Crippen LogP contribution in [0.3, 0.4) is 0 Å². The number of rotatable bonds is 3. The summed E-state index contributed by atoms with van der Waals surface area (Å²) in [4.78, 5) is 0. The van der Waals surface area contributed by atoms with Crippen molar-refractivity contribution in [1.29, 1.82) is 0 Å². The second-order valence-corrected chi connectivity index (χ2v) is 5.48. The molecule has 0 saturated heterocycles. The van der Waals surface area contributed by atoms with Gasteiger partial charge in [-0.05, 0) is 52.2 Å². The third-order valence-electron chi connectivity index (χ3n) is 2.83. The zero-order valence-electron chi connectivity index (χ0n) is 9.84. The molecule has 0 amide bonds. The van der Waals surface area contributed by atoms with Crippen LogP contribution in [-0.2, 0) is 6.42 Å². The molecule has 0 fully saturated rings. The molecule has 0 aromatic heterocycles. The number of nitrogens with two attached hydrogens (primary N) is 1. The highest BCUT2D eigenvalue weighted by Crippen LogP contribution is 2.26. The second-order valence-electron chi connectivity index (χ2n) is 4.19. The zero-order chi connectivity index (χ0) is 14.0. The first kappa shape index (κ1) is 14.4. The van der Waals surface area contributed by atoms with E-state index in [0.717, 1.165) is 0 Å². The lowest BCUT2D eigenvalue weighted by atomic mass is 9.99. The lowest BCUT2D eigenvalue weighted by Gasteiger charge is -2.14. The lowest BCUT2D eigenvalue weighted by molar-refractivity contribution is 0.560. The summed E-state index contributed by atoms with van der Waals surface area (Å²) in [5.74, 6) is -0.812. The van der Waals surface area contributed by atoms with E-state index in [-0.39, 0.29) is 6.42 Å². The molecule has 2 N–H and O–H groups in total. The summed E-state index contributed by atoms with van der Waals surface area (Å²) in [6, 6.07) is 8.49. The Hall–Kier alpha value is -0.970. The van der Waals surface area contributed by atoms with Crippen LogP contribution in [0.5, 0.6) is 0 Å². The highest BCUT2D eigenvalue weighted by Gasteiger charge is 2.16. The molecule has 0 spiro atoms. The van der Waals surface area contributed by atoms with Crippen LogP contribution in [0.15, 0.2) is 40.9 Å². The molecule has 2 aromatic rings. The topological polar surface area (TPSA) is 26.0 Å². The lowest BCUT2D eigenvalue weighted by Crippen LogP contribution is -2.16. The minimum atomic E-state index is -0.634. The van der Waals surface area contributed by atoms with E-state index in [0.29, 0.717) is 20.6 Å². The quantitative estimate of drug-likeness (QED) is 0.862. The van der Waals surface area contributed by atoms with Crippen LogP contribution >= 0.6 is 27.5 Å². The van der Waals surface area contributed by atoms with E-state index in [4.69, 9.17) is 17.3 Å². The van der Waals surface area contributed by atoms with Gasteiger partial charge in [-0.1, -0.05) is 23.7 Å². The van der Waals surface area contributed by atoms with E-state index < -0.39 is 17.7 Å². The Labute approximate surface area is 123 Å². The molecule has 0 aliphatic carbocycles. The number of halogens is 4. The largest absolute Gasteiger partial charge is 0.324 e. The molecule has 2 aromatic carbocycles. The Morgan fingerprint density at radius 1 is 1.21 bits per heavy atom. The fourth-order valence-electron chi connectivity index (χ4n) is 1.85. The molecule has 100 valence electrons. The summed E-state index contributed by atoms with van der Waals surface area (Å²) >= 11 is 8.91. The van der Waals surface area contributed by atoms with E-state index in [1.807, 2.05) is 0 Å². The molecule has 0 aliphatic rings. The third-order valence-corrected chi connectivity index (χ3v) is 3.68. The minimum absolute atomic E-state index is 0.180. The smallest absolute Gasteiger partial charge is 0.142 e. The van der Waals surface area contributed by atoms with Gasteiger partial charge in [-0.15, -0.1) is 0 Å². The van der Waals surface area contributed by atoms with E-state index >= 15 is 0 Å². The summed E-state index contributed by atoms with van der Waals surface area (Å²) in [6.07, 6.45) is 0.180. The van der Waals surface area contributed by atoms with Gasteiger partial charge in [-0.3, -0.25) is 0 Å². The Morgan fingerprint density at radius 2 is 1.95 bits per heavy atom. The van der Waals surface area contributed by atoms with E-state index in [9.17, 15) is 8.78 Å². The molecule has 0 saturated carbocycles. The van der Waals surface area contributed by atoms with Crippen molar-refractivity contribution >= 4 is 27.5 Å². The third kappa shape index (κ3) is 3.32. The standard InChI is InChI=1S/C14H11BrClF2N/c15-11-3-1-2-10(14(11)18)13(19)7-8-6-9(16)4-5-12(8)17/h1-6,13H,7,19H2. The van der Waals surface area contributed by atoms with Crippen LogP contribution in [0.25, 0.3) is 0 Å². The monoisotopic (exact) mass is 345 g/mol. The van der Waals surface area contributed by atoms with E-state index in [2.05, 4.69) is 15.9 Å². The van der Waals surface area contributed by atoms with Crippen molar-refractivity contribution in [3.63, 3.8) is 0 Å². The van der Waals surface area contributed by atoms with Crippen molar-refractivity contribution in [3.05, 3.63) is 68.7 Å². The SMILES string of the molecule is NC(Cc1cc(Cl)ccc1F)c1cccc(Br)c1F. The fraction of sp³-hybridized carbons (Fsp3) is 0.143. The predicted octanol–water partition coefficient (Wildman–Crippen LogP) is 4.62. The van der Waals surface area contributed by atoms with Gasteiger partial charge in [0.15, 0.2) is 0 Å². The maximum absolute atomic E-state index is 13.9. The van der Waals surface area contributed by atoms with Crippen LogP contribution in [0.2, 0.25) is 5.02 Å². The van der Waals surface area contributed by atoms with Crippen molar-refractivity contribution in [2.24, 2.45) is 5.73 Å². The zero-order valence-corrected chi connectivity index (χ0v) is 12.2. The van der Waals surface area contributed by atoms with Crippen LogP contribution in [0.1, 0.15) is 17.2 Å². The summed E-state index contributed by atoms with van der Waals surface area (Å²) in [5, 5.41) is 0.429. The number of benzene rings is 2. The van der Waals surface area contributed by atoms with Gasteiger partial charge in [0.25, 0.3) is 0 Å². The first-order valence-electron chi connectivity index (χ1n) is 5.62. The molecule has 5 heteroatoms. The van der Waals surface area contributed by atoms with E-state index in [1.54, 1.807) is 18.2 Å². The van der Waals surface area contributed by atoms with Gasteiger partial charge in [0.05, 0.1) is 4.47 Å². The van der Waals surface area contributed by atoms with Gasteiger partial charge < -0.3 is 5.73 Å². The Bertz CT molecular complexity index is 604. The molecule has 0 radical (unpaired) electrons. The van der Waals surface area contributed by atoms with Crippen LogP contribution in [0, 0.1) is 11.6 Å². The molecule has 0 bridgehead atoms. The Balaban J connectivity index is 2.28. The molecule has 0 aliphatic heterocycles. The molecule has 0 heterocycles. The minimum Gasteiger partial charge on any atom is -0.324 e. The fourth-order valence-corrected chi connectivity index (χ4v) is 2.43. The molecule has 1 nitrogen and oxygen atoms in total. The van der Waals surface area contributed by atoms with Gasteiger partial charge in [-0.2, -0.15) is 0 Å². The molecule has 2 rings (SSSR count). The van der Waals surface area contributed by atoms with Crippen LogP contribution < -0.4 is 5.73 Å². The average molecular weight is 347 g/mol. The van der Waals surface area contributed by atoms with Gasteiger partial charge in [0, 0.05) is 16.6 Å². The molecular formula is C14H11BrClF2N. The van der Waals surface area contributed by atoms with Crippen molar-refractivity contribution in [1.82, 2.24) is 0 Å². The highest BCUT2D eigenvalue weighted by molar-refractivity contribution is 9.10.